The Bertz CT molecular complexity index is 592. The van der Waals surface area contributed by atoms with E-state index in [0.717, 1.165) is 5.56 Å². The van der Waals surface area contributed by atoms with Crippen molar-refractivity contribution in [1.82, 2.24) is 9.97 Å². The van der Waals surface area contributed by atoms with Crippen molar-refractivity contribution in [3.05, 3.63) is 40.8 Å². The average Bonchev–Trinajstić information content (AvgIpc) is 2.38. The first-order chi connectivity index (χ1) is 9.10. The number of halogens is 2. The summed E-state index contributed by atoms with van der Waals surface area (Å²) in [7, 11) is 0. The molecule has 0 amide bonds. The van der Waals surface area contributed by atoms with Crippen LogP contribution in [0, 0.1) is 12.7 Å². The van der Waals surface area contributed by atoms with Crippen LogP contribution >= 0.6 is 11.6 Å². The van der Waals surface area contributed by atoms with E-state index in [1.807, 2.05) is 13.8 Å². The van der Waals surface area contributed by atoms with Crippen molar-refractivity contribution < 1.29 is 9.13 Å². The highest BCUT2D eigenvalue weighted by atomic mass is 35.5. The molecule has 0 spiro atoms. The molecular formula is C13H13ClFN3O. The molecule has 4 nitrogen and oxygen atoms in total. The van der Waals surface area contributed by atoms with E-state index < -0.39 is 5.82 Å². The molecule has 1 aromatic carbocycles. The van der Waals surface area contributed by atoms with Gasteiger partial charge < -0.3 is 10.1 Å². The molecule has 0 aliphatic carbocycles. The highest BCUT2D eigenvalue weighted by Crippen LogP contribution is 2.22. The molecule has 0 aliphatic rings. The Morgan fingerprint density at radius 2 is 2.21 bits per heavy atom. The molecule has 1 heterocycles. The lowest BCUT2D eigenvalue weighted by atomic mass is 10.3. The van der Waals surface area contributed by atoms with Gasteiger partial charge in [0.25, 0.3) is 0 Å². The van der Waals surface area contributed by atoms with E-state index in [9.17, 15) is 4.39 Å². The van der Waals surface area contributed by atoms with Crippen molar-refractivity contribution in [2.45, 2.75) is 13.8 Å². The molecule has 100 valence electrons. The van der Waals surface area contributed by atoms with Crippen molar-refractivity contribution in [1.29, 1.82) is 0 Å². The van der Waals surface area contributed by atoms with E-state index in [4.69, 9.17) is 16.3 Å². The first-order valence-corrected chi connectivity index (χ1v) is 6.16. The summed E-state index contributed by atoms with van der Waals surface area (Å²) < 4.78 is 18.4. The van der Waals surface area contributed by atoms with Gasteiger partial charge in [0.05, 0.1) is 11.6 Å². The molecule has 2 aromatic rings. The molecule has 0 radical (unpaired) electrons. The van der Waals surface area contributed by atoms with Gasteiger partial charge in [-0.25, -0.2) is 9.37 Å². The number of anilines is 2. The maximum absolute atomic E-state index is 13.0. The van der Waals surface area contributed by atoms with Gasteiger partial charge in [0.1, 0.15) is 5.82 Å². The quantitative estimate of drug-likeness (QED) is 0.928. The summed E-state index contributed by atoms with van der Waals surface area (Å²) in [6.07, 6.45) is 1.66. The van der Waals surface area contributed by atoms with E-state index >= 15 is 0 Å². The predicted octanol–water partition coefficient (Wildman–Crippen LogP) is 3.72. The molecular weight excluding hydrogens is 269 g/mol. The first kappa shape index (κ1) is 13.5. The monoisotopic (exact) mass is 281 g/mol. The molecule has 0 saturated heterocycles. The van der Waals surface area contributed by atoms with Crippen LogP contribution in [0.4, 0.5) is 16.0 Å². The topological polar surface area (TPSA) is 47.0 Å². The van der Waals surface area contributed by atoms with Crippen LogP contribution in [0.25, 0.3) is 0 Å². The lowest BCUT2D eigenvalue weighted by Gasteiger charge is -2.09. The fourth-order valence-electron chi connectivity index (χ4n) is 1.47. The van der Waals surface area contributed by atoms with Crippen molar-refractivity contribution >= 4 is 23.2 Å². The van der Waals surface area contributed by atoms with Gasteiger partial charge in [0.15, 0.2) is 0 Å². The molecule has 0 atom stereocenters. The molecule has 0 fully saturated rings. The molecule has 0 bridgehead atoms. The number of nitrogens with one attached hydrogen (secondary N) is 1. The van der Waals surface area contributed by atoms with Crippen molar-refractivity contribution in [2.75, 3.05) is 11.9 Å². The number of hydrogen-bond donors (Lipinski definition) is 1. The maximum atomic E-state index is 13.0. The molecule has 1 N–H and O–H groups in total. The summed E-state index contributed by atoms with van der Waals surface area (Å²) in [6.45, 7) is 4.28. The summed E-state index contributed by atoms with van der Waals surface area (Å²) in [5, 5.41) is 2.99. The van der Waals surface area contributed by atoms with Crippen LogP contribution in [0.2, 0.25) is 5.02 Å². The Labute approximate surface area is 115 Å². The average molecular weight is 282 g/mol. The number of benzene rings is 1. The summed E-state index contributed by atoms with van der Waals surface area (Å²) in [4.78, 5) is 8.36. The van der Waals surface area contributed by atoms with Crippen molar-refractivity contribution in [3.63, 3.8) is 0 Å². The van der Waals surface area contributed by atoms with E-state index in [2.05, 4.69) is 15.3 Å². The van der Waals surface area contributed by atoms with Gasteiger partial charge >= 0.3 is 0 Å². The highest BCUT2D eigenvalue weighted by Gasteiger charge is 2.06. The smallest absolute Gasteiger partial charge is 0.230 e. The molecule has 0 aliphatic heterocycles. The zero-order valence-electron chi connectivity index (χ0n) is 10.6. The largest absolute Gasteiger partial charge is 0.478 e. The normalized spacial score (nSPS) is 10.3. The van der Waals surface area contributed by atoms with Crippen LogP contribution in [0.3, 0.4) is 0 Å². The number of ether oxygens (including phenoxy) is 1. The number of rotatable bonds is 4. The molecule has 2 rings (SSSR count). The van der Waals surface area contributed by atoms with E-state index in [0.29, 0.717) is 24.1 Å². The van der Waals surface area contributed by atoms with Gasteiger partial charge in [-0.3, -0.25) is 0 Å². The Morgan fingerprint density at radius 1 is 1.42 bits per heavy atom. The van der Waals surface area contributed by atoms with Gasteiger partial charge in [-0.05, 0) is 32.0 Å². The summed E-state index contributed by atoms with van der Waals surface area (Å²) >= 11 is 5.71. The Kier molecular flexibility index (Phi) is 4.16. The molecule has 19 heavy (non-hydrogen) atoms. The van der Waals surface area contributed by atoms with Crippen LogP contribution in [0.15, 0.2) is 24.4 Å². The van der Waals surface area contributed by atoms with Gasteiger partial charge in [0, 0.05) is 17.4 Å². The second kappa shape index (κ2) is 5.84. The second-order valence-corrected chi connectivity index (χ2v) is 4.28. The van der Waals surface area contributed by atoms with E-state index in [1.54, 1.807) is 12.3 Å². The third kappa shape index (κ3) is 3.32. The van der Waals surface area contributed by atoms with Gasteiger partial charge in [-0.15, -0.1) is 0 Å². The zero-order chi connectivity index (χ0) is 13.8. The van der Waals surface area contributed by atoms with Crippen LogP contribution in [-0.4, -0.2) is 16.6 Å². The van der Waals surface area contributed by atoms with Crippen LogP contribution in [0.1, 0.15) is 12.5 Å². The minimum Gasteiger partial charge on any atom is -0.478 e. The SMILES string of the molecule is CCOc1nc(Nc2ccc(F)c(Cl)c2)ncc1C. The number of aryl methyl sites for hydroxylation is 1. The second-order valence-electron chi connectivity index (χ2n) is 3.87. The van der Waals surface area contributed by atoms with Crippen LogP contribution < -0.4 is 10.1 Å². The van der Waals surface area contributed by atoms with Gasteiger partial charge in [-0.2, -0.15) is 4.98 Å². The van der Waals surface area contributed by atoms with Crippen LogP contribution in [0.5, 0.6) is 5.88 Å². The standard InChI is InChI=1S/C13H13ClFN3O/c1-3-19-12-8(2)7-16-13(18-12)17-9-4-5-11(15)10(14)6-9/h4-7H,3H2,1-2H3,(H,16,17,18). The van der Waals surface area contributed by atoms with E-state index in [-0.39, 0.29) is 5.02 Å². The number of hydrogen-bond acceptors (Lipinski definition) is 4. The maximum Gasteiger partial charge on any atom is 0.230 e. The molecule has 1 aromatic heterocycles. The Hall–Kier alpha value is -1.88. The van der Waals surface area contributed by atoms with Gasteiger partial charge in [0.2, 0.25) is 11.8 Å². The number of aromatic nitrogens is 2. The predicted molar refractivity (Wildman–Crippen MR) is 72.6 cm³/mol. The third-order valence-electron chi connectivity index (χ3n) is 2.38. The fraction of sp³-hybridized carbons (Fsp3) is 0.231. The number of nitrogens with zero attached hydrogens (tertiary/aromatic N) is 2. The lowest BCUT2D eigenvalue weighted by molar-refractivity contribution is 0.324. The Balaban J connectivity index is 2.22. The van der Waals surface area contributed by atoms with E-state index in [1.165, 1.54) is 12.1 Å². The first-order valence-electron chi connectivity index (χ1n) is 5.78. The molecule has 0 saturated carbocycles. The fourth-order valence-corrected chi connectivity index (χ4v) is 1.65. The van der Waals surface area contributed by atoms with Crippen molar-refractivity contribution in [2.24, 2.45) is 0 Å². The molecule has 0 unspecified atom stereocenters. The minimum absolute atomic E-state index is 0.0437. The summed E-state index contributed by atoms with van der Waals surface area (Å²) in [5.74, 6) is 0.428. The summed E-state index contributed by atoms with van der Waals surface area (Å²) in [5.41, 5.74) is 1.46. The van der Waals surface area contributed by atoms with Gasteiger partial charge in [-0.1, -0.05) is 11.6 Å². The molecule has 6 heteroatoms. The third-order valence-corrected chi connectivity index (χ3v) is 2.67. The zero-order valence-corrected chi connectivity index (χ0v) is 11.3. The Morgan fingerprint density at radius 3 is 2.89 bits per heavy atom. The van der Waals surface area contributed by atoms with Crippen LogP contribution in [-0.2, 0) is 0 Å². The summed E-state index contributed by atoms with van der Waals surface area (Å²) in [6, 6.07) is 4.31. The van der Waals surface area contributed by atoms with Crippen molar-refractivity contribution in [3.8, 4) is 5.88 Å². The lowest BCUT2D eigenvalue weighted by Crippen LogP contribution is -2.02. The highest BCUT2D eigenvalue weighted by molar-refractivity contribution is 6.31. The minimum atomic E-state index is -0.466.